The van der Waals surface area contributed by atoms with Crippen LogP contribution in [0.2, 0.25) is 0 Å². The molecule has 8 nitrogen and oxygen atoms in total. The second-order valence-corrected chi connectivity index (χ2v) is 7.87. The van der Waals surface area contributed by atoms with Gasteiger partial charge in [-0.2, -0.15) is 13.2 Å². The Bertz CT molecular complexity index is 1070. The molecule has 156 valence electrons. The van der Waals surface area contributed by atoms with Gasteiger partial charge in [-0.25, -0.2) is 12.8 Å². The molecule has 0 aliphatic rings. The standard InChI is InChI=1S/C16H12F4N2O6S/c1-15(24,16(18,19)20)14(23)21-13-7-6-11(8-12(13)17)29(27,28)10-4-2-9(3-5-10)22(25)26/h2-8,24H,1H3,(H,21,23)/t15-/m1/s1. The van der Waals surface area contributed by atoms with Gasteiger partial charge >= 0.3 is 6.18 Å². The average Bonchev–Trinajstić information content (AvgIpc) is 2.62. The van der Waals surface area contributed by atoms with E-state index in [1.807, 2.05) is 0 Å². The molecule has 0 unspecified atom stereocenters. The lowest BCUT2D eigenvalue weighted by atomic mass is 10.1. The maximum Gasteiger partial charge on any atom is 0.426 e. The molecule has 0 aliphatic heterocycles. The smallest absolute Gasteiger partial charge is 0.373 e. The molecular weight excluding hydrogens is 424 g/mol. The molecule has 0 saturated carbocycles. The number of carbonyl (C=O) groups is 1. The minimum atomic E-state index is -5.33. The van der Waals surface area contributed by atoms with Gasteiger partial charge in [-0.05, 0) is 37.3 Å². The quantitative estimate of drug-likeness (QED) is 0.422. The van der Waals surface area contributed by atoms with Crippen LogP contribution >= 0.6 is 0 Å². The van der Waals surface area contributed by atoms with E-state index < -0.39 is 48.8 Å². The van der Waals surface area contributed by atoms with Crippen molar-refractivity contribution < 1.29 is 40.8 Å². The zero-order valence-electron chi connectivity index (χ0n) is 14.4. The second-order valence-electron chi connectivity index (χ2n) is 5.92. The SMILES string of the molecule is C[C@@](O)(C(=O)Nc1ccc(S(=O)(=O)c2ccc([N+](=O)[O-])cc2)cc1F)C(F)(F)F. The summed E-state index contributed by atoms with van der Waals surface area (Å²) in [5.41, 5.74) is -4.96. The van der Waals surface area contributed by atoms with Gasteiger partial charge in [0.2, 0.25) is 15.4 Å². The summed E-state index contributed by atoms with van der Waals surface area (Å²) in [5.74, 6) is -3.34. The van der Waals surface area contributed by atoms with Crippen LogP contribution in [0.1, 0.15) is 6.92 Å². The summed E-state index contributed by atoms with van der Waals surface area (Å²) in [4.78, 5) is 20.5. The Kier molecular flexibility index (Phi) is 5.68. The van der Waals surface area contributed by atoms with Crippen molar-refractivity contribution in [3.05, 3.63) is 58.4 Å². The zero-order valence-corrected chi connectivity index (χ0v) is 15.2. The Morgan fingerprint density at radius 3 is 2.07 bits per heavy atom. The molecule has 0 spiro atoms. The van der Waals surface area contributed by atoms with E-state index in [9.17, 15) is 46.0 Å². The van der Waals surface area contributed by atoms with Gasteiger partial charge in [0, 0.05) is 12.1 Å². The lowest BCUT2D eigenvalue weighted by Gasteiger charge is -2.25. The average molecular weight is 436 g/mol. The van der Waals surface area contributed by atoms with E-state index in [1.54, 1.807) is 5.32 Å². The maximum atomic E-state index is 14.2. The Morgan fingerprint density at radius 1 is 1.10 bits per heavy atom. The molecule has 2 aromatic rings. The minimum Gasteiger partial charge on any atom is -0.373 e. The van der Waals surface area contributed by atoms with E-state index in [0.29, 0.717) is 12.1 Å². The van der Waals surface area contributed by atoms with Gasteiger partial charge in [0.05, 0.1) is 20.4 Å². The molecule has 0 bridgehead atoms. The highest BCUT2D eigenvalue weighted by molar-refractivity contribution is 7.91. The fourth-order valence-electron chi connectivity index (χ4n) is 2.02. The first-order valence-corrected chi connectivity index (χ1v) is 9.06. The van der Waals surface area contributed by atoms with E-state index >= 15 is 0 Å². The first-order valence-electron chi connectivity index (χ1n) is 7.57. The Balaban J connectivity index is 2.33. The summed E-state index contributed by atoms with van der Waals surface area (Å²) >= 11 is 0. The van der Waals surface area contributed by atoms with Crippen LogP contribution in [0.4, 0.5) is 28.9 Å². The number of sulfone groups is 1. The number of rotatable bonds is 5. The molecule has 0 radical (unpaired) electrons. The van der Waals surface area contributed by atoms with Gasteiger partial charge < -0.3 is 10.4 Å². The van der Waals surface area contributed by atoms with Crippen molar-refractivity contribution >= 4 is 27.1 Å². The molecule has 13 heteroatoms. The Morgan fingerprint density at radius 2 is 1.62 bits per heavy atom. The van der Waals surface area contributed by atoms with Crippen molar-refractivity contribution in [2.24, 2.45) is 0 Å². The van der Waals surface area contributed by atoms with E-state index in [-0.39, 0.29) is 17.5 Å². The molecule has 0 fully saturated rings. The lowest BCUT2D eigenvalue weighted by Crippen LogP contribution is -2.52. The molecule has 2 aromatic carbocycles. The van der Waals surface area contributed by atoms with E-state index in [0.717, 1.165) is 30.3 Å². The van der Waals surface area contributed by atoms with Crippen LogP contribution in [0.3, 0.4) is 0 Å². The minimum absolute atomic E-state index is 0.174. The number of nitro benzene ring substituents is 1. The topological polar surface area (TPSA) is 127 Å². The van der Waals surface area contributed by atoms with E-state index in [1.165, 1.54) is 0 Å². The number of hydrogen-bond donors (Lipinski definition) is 2. The van der Waals surface area contributed by atoms with Crippen LogP contribution in [0, 0.1) is 15.9 Å². The number of anilines is 1. The number of halogens is 4. The number of carbonyl (C=O) groups excluding carboxylic acids is 1. The molecular formula is C16H12F4N2O6S. The normalized spacial score (nSPS) is 14.1. The fraction of sp³-hybridized carbons (Fsp3) is 0.188. The number of amides is 1. The summed E-state index contributed by atoms with van der Waals surface area (Å²) in [6.45, 7) is 0.174. The third-order valence-corrected chi connectivity index (χ3v) is 5.62. The van der Waals surface area contributed by atoms with Crippen LogP contribution < -0.4 is 5.32 Å². The summed E-state index contributed by atoms with van der Waals surface area (Å²) in [5, 5.41) is 21.4. The fourth-order valence-corrected chi connectivity index (χ4v) is 3.29. The van der Waals surface area contributed by atoms with Gasteiger partial charge in [0.1, 0.15) is 5.82 Å². The van der Waals surface area contributed by atoms with Crippen LogP contribution in [0.15, 0.2) is 52.3 Å². The number of nitrogens with zero attached hydrogens (tertiary/aromatic N) is 1. The van der Waals surface area contributed by atoms with Gasteiger partial charge in [-0.3, -0.25) is 14.9 Å². The number of hydrogen-bond acceptors (Lipinski definition) is 6. The largest absolute Gasteiger partial charge is 0.426 e. The van der Waals surface area contributed by atoms with Crippen molar-refractivity contribution in [3.8, 4) is 0 Å². The second kappa shape index (κ2) is 7.40. The number of benzene rings is 2. The molecule has 0 aromatic heterocycles. The maximum absolute atomic E-state index is 14.2. The van der Waals surface area contributed by atoms with Crippen molar-refractivity contribution in [1.82, 2.24) is 0 Å². The highest BCUT2D eigenvalue weighted by atomic mass is 32.2. The molecule has 2 N–H and O–H groups in total. The lowest BCUT2D eigenvalue weighted by molar-refractivity contribution is -0.384. The number of nitrogens with one attached hydrogen (secondary N) is 1. The molecule has 1 atom stereocenters. The highest BCUT2D eigenvalue weighted by Crippen LogP contribution is 2.32. The van der Waals surface area contributed by atoms with E-state index in [2.05, 4.69) is 0 Å². The Hall–Kier alpha value is -3.06. The third-order valence-electron chi connectivity index (χ3n) is 3.85. The van der Waals surface area contributed by atoms with Crippen LogP contribution in [0.5, 0.6) is 0 Å². The third kappa shape index (κ3) is 4.35. The molecule has 29 heavy (non-hydrogen) atoms. The number of nitro groups is 1. The molecule has 2 rings (SSSR count). The van der Waals surface area contributed by atoms with Crippen LogP contribution in [-0.4, -0.2) is 36.1 Å². The van der Waals surface area contributed by atoms with Gasteiger partial charge in [-0.1, -0.05) is 0 Å². The highest BCUT2D eigenvalue weighted by Gasteiger charge is 2.55. The van der Waals surface area contributed by atoms with Crippen molar-refractivity contribution in [2.45, 2.75) is 28.5 Å². The van der Waals surface area contributed by atoms with Gasteiger partial charge in [0.25, 0.3) is 11.6 Å². The monoisotopic (exact) mass is 436 g/mol. The predicted octanol–water partition coefficient (Wildman–Crippen LogP) is 2.82. The molecule has 1 amide bonds. The summed E-state index contributed by atoms with van der Waals surface area (Å²) in [6, 6.07) is 5.70. The van der Waals surface area contributed by atoms with Crippen LogP contribution in [-0.2, 0) is 14.6 Å². The molecule has 0 aliphatic carbocycles. The Labute approximate surface area is 160 Å². The summed E-state index contributed by atoms with van der Waals surface area (Å²) in [6.07, 6.45) is -5.33. The number of alkyl halides is 3. The van der Waals surface area contributed by atoms with Crippen molar-refractivity contribution in [1.29, 1.82) is 0 Å². The molecule has 0 saturated heterocycles. The number of non-ortho nitro benzene ring substituents is 1. The van der Waals surface area contributed by atoms with Gasteiger partial charge in [0.15, 0.2) is 0 Å². The number of aliphatic hydroxyl groups is 1. The van der Waals surface area contributed by atoms with Crippen molar-refractivity contribution in [2.75, 3.05) is 5.32 Å². The van der Waals surface area contributed by atoms with E-state index in [4.69, 9.17) is 0 Å². The van der Waals surface area contributed by atoms with Gasteiger partial charge in [-0.15, -0.1) is 0 Å². The molecule has 0 heterocycles. The first kappa shape index (κ1) is 22.2. The first-order chi connectivity index (χ1) is 13.2. The van der Waals surface area contributed by atoms with Crippen LogP contribution in [0.25, 0.3) is 0 Å². The summed E-state index contributed by atoms with van der Waals surface area (Å²) < 4.78 is 77.1. The predicted molar refractivity (Wildman–Crippen MR) is 90.3 cm³/mol. The summed E-state index contributed by atoms with van der Waals surface area (Å²) in [7, 11) is -4.31. The van der Waals surface area contributed by atoms with Crippen molar-refractivity contribution in [3.63, 3.8) is 0 Å². The zero-order chi connectivity index (χ0) is 22.2.